The maximum absolute atomic E-state index is 9.20. The van der Waals surface area contributed by atoms with Gasteiger partial charge in [-0.25, -0.2) is 9.97 Å². The second kappa shape index (κ2) is 7.33. The third-order valence-electron chi connectivity index (χ3n) is 3.94. The van der Waals surface area contributed by atoms with Crippen LogP contribution < -0.4 is 10.2 Å². The standard InChI is InChI=1S/C17H16N8S/c18-7-5-13-6-8-20-16(21-9-10-24-12-19-11-22-24)25(13)17-23-14-3-1-2-4-15(14)26-17/h1-4,6,8,11-13H,5,9-10H2,(H,20,21). The molecule has 0 saturated carbocycles. The number of thiazole rings is 1. The molecule has 1 aliphatic rings. The molecule has 0 fully saturated rings. The Bertz CT molecular complexity index is 949. The minimum Gasteiger partial charge on any atom is -0.333 e. The maximum Gasteiger partial charge on any atom is 0.205 e. The molecule has 0 bridgehead atoms. The number of hydrogen-bond donors (Lipinski definition) is 1. The molecule has 130 valence electrons. The second-order valence-corrected chi connectivity index (χ2v) is 6.64. The molecule has 3 aromatic rings. The number of nitriles is 1. The van der Waals surface area contributed by atoms with Crippen LogP contribution in [0.5, 0.6) is 0 Å². The zero-order valence-electron chi connectivity index (χ0n) is 13.9. The summed E-state index contributed by atoms with van der Waals surface area (Å²) in [5, 5.41) is 17.3. The fraction of sp³-hybridized carbons (Fsp3) is 0.235. The first kappa shape index (κ1) is 16.2. The van der Waals surface area contributed by atoms with Crippen molar-refractivity contribution in [2.24, 2.45) is 4.99 Å². The molecule has 8 nitrogen and oxygen atoms in total. The summed E-state index contributed by atoms with van der Waals surface area (Å²) in [5.74, 6) is 0.687. The Morgan fingerprint density at radius 3 is 3.08 bits per heavy atom. The fourth-order valence-electron chi connectivity index (χ4n) is 2.72. The summed E-state index contributed by atoms with van der Waals surface area (Å²) in [6.45, 7) is 1.17. The van der Waals surface area contributed by atoms with E-state index in [1.165, 1.54) is 6.33 Å². The fourth-order valence-corrected chi connectivity index (χ4v) is 3.75. The SMILES string of the molecule is N#CCC1C=CNC(=NCCn2cncn2)N1c1nc2ccccc2s1. The van der Waals surface area contributed by atoms with Crippen molar-refractivity contribution >= 4 is 32.6 Å². The number of fused-ring (bicyclic) bond motifs is 1. The van der Waals surface area contributed by atoms with Crippen molar-refractivity contribution in [2.45, 2.75) is 19.0 Å². The summed E-state index contributed by atoms with van der Waals surface area (Å²) in [6, 6.07) is 10.2. The second-order valence-electron chi connectivity index (χ2n) is 5.63. The minimum absolute atomic E-state index is 0.105. The highest BCUT2D eigenvalue weighted by molar-refractivity contribution is 7.22. The minimum atomic E-state index is -0.105. The number of guanidine groups is 1. The molecule has 26 heavy (non-hydrogen) atoms. The number of nitrogens with one attached hydrogen (secondary N) is 1. The largest absolute Gasteiger partial charge is 0.333 e. The van der Waals surface area contributed by atoms with E-state index in [9.17, 15) is 5.26 Å². The van der Waals surface area contributed by atoms with Crippen LogP contribution in [-0.2, 0) is 6.54 Å². The van der Waals surface area contributed by atoms with Crippen molar-refractivity contribution in [3.63, 3.8) is 0 Å². The molecule has 1 atom stereocenters. The molecule has 0 saturated heterocycles. The smallest absolute Gasteiger partial charge is 0.205 e. The summed E-state index contributed by atoms with van der Waals surface area (Å²) in [7, 11) is 0. The lowest BCUT2D eigenvalue weighted by atomic mass is 10.2. The van der Waals surface area contributed by atoms with Gasteiger partial charge in [-0.05, 0) is 18.2 Å². The molecule has 1 N–H and O–H groups in total. The Balaban J connectivity index is 1.64. The molecule has 0 aliphatic carbocycles. The third kappa shape index (κ3) is 3.27. The van der Waals surface area contributed by atoms with Crippen molar-refractivity contribution < 1.29 is 0 Å². The quantitative estimate of drug-likeness (QED) is 0.745. The highest BCUT2D eigenvalue weighted by atomic mass is 32.1. The van der Waals surface area contributed by atoms with Crippen LogP contribution in [-0.4, -0.2) is 38.3 Å². The van der Waals surface area contributed by atoms with E-state index in [2.05, 4.69) is 26.5 Å². The van der Waals surface area contributed by atoms with Crippen LogP contribution in [0.15, 0.2) is 54.2 Å². The number of aliphatic imine (C=N–C) groups is 1. The van der Waals surface area contributed by atoms with Gasteiger partial charge in [-0.2, -0.15) is 10.4 Å². The van der Waals surface area contributed by atoms with Gasteiger partial charge in [-0.1, -0.05) is 23.5 Å². The van der Waals surface area contributed by atoms with Crippen molar-refractivity contribution in [1.82, 2.24) is 25.1 Å². The van der Waals surface area contributed by atoms with Crippen LogP contribution in [0, 0.1) is 11.3 Å². The van der Waals surface area contributed by atoms with Crippen molar-refractivity contribution in [3.05, 3.63) is 49.2 Å². The summed E-state index contributed by atoms with van der Waals surface area (Å²) < 4.78 is 2.84. The van der Waals surface area contributed by atoms with Gasteiger partial charge in [-0.15, -0.1) is 0 Å². The number of benzene rings is 1. The first-order chi connectivity index (χ1) is 12.8. The van der Waals surface area contributed by atoms with Crippen LogP contribution >= 0.6 is 11.3 Å². The number of aromatic nitrogens is 4. The summed E-state index contributed by atoms with van der Waals surface area (Å²) in [6.07, 6.45) is 7.32. The lowest BCUT2D eigenvalue weighted by Crippen LogP contribution is -2.48. The van der Waals surface area contributed by atoms with E-state index in [1.807, 2.05) is 41.4 Å². The average Bonchev–Trinajstić information content (AvgIpc) is 3.31. The first-order valence-electron chi connectivity index (χ1n) is 8.17. The molecular formula is C17H16N8S. The Labute approximate surface area is 154 Å². The van der Waals surface area contributed by atoms with Crippen LogP contribution in [0.25, 0.3) is 10.2 Å². The molecule has 4 rings (SSSR count). The molecular weight excluding hydrogens is 348 g/mol. The normalized spacial score (nSPS) is 18.2. The van der Waals surface area contributed by atoms with Crippen LogP contribution in [0.1, 0.15) is 6.42 Å². The predicted octanol–water partition coefficient (Wildman–Crippen LogP) is 2.15. The van der Waals surface area contributed by atoms with E-state index in [1.54, 1.807) is 22.3 Å². The lowest BCUT2D eigenvalue weighted by Gasteiger charge is -2.32. The maximum atomic E-state index is 9.20. The summed E-state index contributed by atoms with van der Waals surface area (Å²) in [4.78, 5) is 15.3. The summed E-state index contributed by atoms with van der Waals surface area (Å²) >= 11 is 1.59. The number of hydrogen-bond acceptors (Lipinski definition) is 6. The Kier molecular flexibility index (Phi) is 4.57. The predicted molar refractivity (Wildman–Crippen MR) is 101 cm³/mol. The number of para-hydroxylation sites is 1. The molecule has 0 radical (unpaired) electrons. The topological polar surface area (TPSA) is 95.0 Å². The third-order valence-corrected chi connectivity index (χ3v) is 4.97. The van der Waals surface area contributed by atoms with Crippen molar-refractivity contribution in [3.8, 4) is 6.07 Å². The molecule has 2 aromatic heterocycles. The molecule has 1 unspecified atom stereocenters. The molecule has 0 spiro atoms. The first-order valence-corrected chi connectivity index (χ1v) is 8.98. The monoisotopic (exact) mass is 364 g/mol. The van der Waals surface area contributed by atoms with Crippen LogP contribution in [0.2, 0.25) is 0 Å². The number of anilines is 1. The van der Waals surface area contributed by atoms with E-state index in [0.29, 0.717) is 25.5 Å². The number of nitrogens with zero attached hydrogens (tertiary/aromatic N) is 7. The molecule has 0 amide bonds. The van der Waals surface area contributed by atoms with Gasteiger partial charge in [0.1, 0.15) is 12.7 Å². The van der Waals surface area contributed by atoms with Gasteiger partial charge in [-0.3, -0.25) is 14.6 Å². The van der Waals surface area contributed by atoms with E-state index in [4.69, 9.17) is 4.98 Å². The van der Waals surface area contributed by atoms with Crippen molar-refractivity contribution in [1.29, 1.82) is 5.26 Å². The molecule has 9 heteroatoms. The average molecular weight is 364 g/mol. The van der Waals surface area contributed by atoms with E-state index in [0.717, 1.165) is 15.3 Å². The van der Waals surface area contributed by atoms with Gasteiger partial charge in [0, 0.05) is 6.20 Å². The van der Waals surface area contributed by atoms with Gasteiger partial charge >= 0.3 is 0 Å². The van der Waals surface area contributed by atoms with Gasteiger partial charge < -0.3 is 5.32 Å². The van der Waals surface area contributed by atoms with Gasteiger partial charge in [0.25, 0.3) is 0 Å². The van der Waals surface area contributed by atoms with Crippen molar-refractivity contribution in [2.75, 3.05) is 11.4 Å². The van der Waals surface area contributed by atoms with E-state index in [-0.39, 0.29) is 6.04 Å². The Morgan fingerprint density at radius 2 is 2.27 bits per heavy atom. The van der Waals surface area contributed by atoms with Crippen LogP contribution in [0.4, 0.5) is 5.13 Å². The zero-order chi connectivity index (χ0) is 17.8. The van der Waals surface area contributed by atoms with E-state index >= 15 is 0 Å². The summed E-state index contributed by atoms with van der Waals surface area (Å²) in [5.41, 5.74) is 0.944. The van der Waals surface area contributed by atoms with Gasteiger partial charge in [0.2, 0.25) is 5.96 Å². The molecule has 1 aliphatic heterocycles. The Morgan fingerprint density at radius 1 is 1.35 bits per heavy atom. The van der Waals surface area contributed by atoms with E-state index < -0.39 is 0 Å². The Hall–Kier alpha value is -3.25. The van der Waals surface area contributed by atoms with Gasteiger partial charge in [0.05, 0.1) is 41.8 Å². The number of rotatable bonds is 5. The highest BCUT2D eigenvalue weighted by Gasteiger charge is 2.27. The van der Waals surface area contributed by atoms with Crippen LogP contribution in [0.3, 0.4) is 0 Å². The lowest BCUT2D eigenvalue weighted by molar-refractivity contribution is 0.621. The zero-order valence-corrected chi connectivity index (χ0v) is 14.7. The molecule has 1 aromatic carbocycles. The van der Waals surface area contributed by atoms with Gasteiger partial charge in [0.15, 0.2) is 5.13 Å². The molecule has 3 heterocycles. The highest BCUT2D eigenvalue weighted by Crippen LogP contribution is 2.31.